The number of ketones is 1. The molecule has 200 valence electrons. The van der Waals surface area contributed by atoms with Gasteiger partial charge in [-0.25, -0.2) is 8.42 Å². The summed E-state index contributed by atoms with van der Waals surface area (Å²) in [4.78, 5) is 16.4. The van der Waals surface area contributed by atoms with Crippen molar-refractivity contribution in [2.24, 2.45) is 10.8 Å². The number of nitrogens with zero attached hydrogens (tertiary/aromatic N) is 1. The predicted molar refractivity (Wildman–Crippen MR) is 156 cm³/mol. The summed E-state index contributed by atoms with van der Waals surface area (Å²) in [5.41, 5.74) is 1.21. The zero-order chi connectivity index (χ0) is 27.3. The maximum atomic E-state index is 13.9. The van der Waals surface area contributed by atoms with Gasteiger partial charge in [0, 0.05) is 12.2 Å². The molecule has 8 nitrogen and oxygen atoms in total. The van der Waals surface area contributed by atoms with E-state index in [-0.39, 0.29) is 16.6 Å². The Bertz CT molecular complexity index is 1260. The molecule has 1 fully saturated rings. The smallest absolute Gasteiger partial charge is 0.229 e. The molecule has 0 bridgehead atoms. The number of sulfonamides is 1. The minimum Gasteiger partial charge on any atom is -0.351 e. The van der Waals surface area contributed by atoms with Crippen molar-refractivity contribution in [1.29, 1.82) is 0 Å². The number of anilines is 2. The predicted octanol–water partition coefficient (Wildman–Crippen LogP) is 4.32. The van der Waals surface area contributed by atoms with Crippen LogP contribution in [-0.4, -0.2) is 49.5 Å². The number of hydrogen-bond donors (Lipinski definition) is 3. The van der Waals surface area contributed by atoms with Crippen molar-refractivity contribution in [2.45, 2.75) is 60.9 Å². The monoisotopic (exact) mass is 572 g/mol. The highest BCUT2D eigenvalue weighted by Crippen LogP contribution is 2.49. The molecule has 12 heteroatoms. The van der Waals surface area contributed by atoms with Gasteiger partial charge < -0.3 is 19.8 Å². The first-order chi connectivity index (χ1) is 16.4. The second kappa shape index (κ2) is 9.98. The summed E-state index contributed by atoms with van der Waals surface area (Å²) >= 11 is 11.9. The lowest BCUT2D eigenvalue weighted by Gasteiger charge is -2.35. The molecule has 2 aliphatic heterocycles. The molecule has 0 amide bonds. The number of carbonyl (C=O) groups excluding carboxylic acids is 1. The molecule has 0 radical (unpaired) electrons. The normalized spacial score (nSPS) is 24.9. The van der Waals surface area contributed by atoms with Gasteiger partial charge in [-0.3, -0.25) is 9.52 Å². The molecule has 3 N–H and O–H groups in total. The van der Waals surface area contributed by atoms with E-state index in [1.54, 1.807) is 18.2 Å². The van der Waals surface area contributed by atoms with E-state index < -0.39 is 22.5 Å². The Morgan fingerprint density at radius 2 is 1.83 bits per heavy atom. The van der Waals surface area contributed by atoms with Gasteiger partial charge in [0.05, 0.1) is 35.5 Å². The van der Waals surface area contributed by atoms with Gasteiger partial charge in [0.1, 0.15) is 10.8 Å². The van der Waals surface area contributed by atoms with Crippen molar-refractivity contribution >= 4 is 67.9 Å². The highest BCUT2D eigenvalue weighted by molar-refractivity contribution is 8.15. The second-order valence-corrected chi connectivity index (χ2v) is 17.2. The molecule has 2 atom stereocenters. The first-order valence-electron chi connectivity index (χ1n) is 11.9. The summed E-state index contributed by atoms with van der Waals surface area (Å²) in [5.74, 6) is 0.402. The molecular formula is C24H37N4O4PS3. The second-order valence-electron chi connectivity index (χ2n) is 11.5. The van der Waals surface area contributed by atoms with Crippen molar-refractivity contribution < 1.29 is 17.7 Å². The highest BCUT2D eigenvalue weighted by atomic mass is 32.4. The van der Waals surface area contributed by atoms with E-state index >= 15 is 0 Å². The molecule has 0 aromatic heterocycles. The lowest BCUT2D eigenvalue weighted by molar-refractivity contribution is -0.120. The molecular weight excluding hydrogens is 535 g/mol. The van der Waals surface area contributed by atoms with Gasteiger partial charge in [-0.1, -0.05) is 53.8 Å². The van der Waals surface area contributed by atoms with Crippen LogP contribution < -0.4 is 20.4 Å². The zero-order valence-electron chi connectivity index (χ0n) is 22.2. The van der Waals surface area contributed by atoms with Crippen LogP contribution in [0.3, 0.4) is 0 Å². The van der Waals surface area contributed by atoms with Crippen LogP contribution >= 0.6 is 18.6 Å². The van der Waals surface area contributed by atoms with Crippen molar-refractivity contribution in [1.82, 2.24) is 9.99 Å². The number of Topliss-reactive ketones (excluding diaryl/α,β-unsaturated/α-hetero) is 1. The van der Waals surface area contributed by atoms with Crippen LogP contribution in [0.25, 0.3) is 0 Å². The molecule has 2 aliphatic rings. The Balaban J connectivity index is 2.11. The van der Waals surface area contributed by atoms with Gasteiger partial charge in [0.2, 0.25) is 10.0 Å². The van der Waals surface area contributed by atoms with Gasteiger partial charge in [-0.2, -0.15) is 0 Å². The van der Waals surface area contributed by atoms with E-state index in [1.165, 1.54) is 0 Å². The zero-order valence-corrected chi connectivity index (χ0v) is 25.5. The van der Waals surface area contributed by atoms with Crippen LogP contribution in [0.1, 0.15) is 54.9 Å². The first kappa shape index (κ1) is 29.0. The van der Waals surface area contributed by atoms with Crippen molar-refractivity contribution in [3.05, 3.63) is 29.6 Å². The molecule has 1 aromatic rings. The molecule has 0 aliphatic carbocycles. The fourth-order valence-electron chi connectivity index (χ4n) is 4.35. The van der Waals surface area contributed by atoms with Gasteiger partial charge in [0.25, 0.3) is 0 Å². The molecule has 1 aromatic carbocycles. The van der Waals surface area contributed by atoms with Gasteiger partial charge in [-0.15, -0.1) is 0 Å². The lowest BCUT2D eigenvalue weighted by atomic mass is 9.83. The Kier molecular flexibility index (Phi) is 8.05. The van der Waals surface area contributed by atoms with E-state index in [0.29, 0.717) is 46.2 Å². The van der Waals surface area contributed by atoms with E-state index in [2.05, 4.69) is 35.9 Å². The van der Waals surface area contributed by atoms with E-state index in [4.69, 9.17) is 28.5 Å². The summed E-state index contributed by atoms with van der Waals surface area (Å²) in [6.45, 7) is 15.5. The molecule has 36 heavy (non-hydrogen) atoms. The van der Waals surface area contributed by atoms with E-state index in [0.717, 1.165) is 12.7 Å². The van der Waals surface area contributed by atoms with Crippen LogP contribution in [0.15, 0.2) is 29.6 Å². The topological polar surface area (TPSA) is 99.8 Å². The Morgan fingerprint density at radius 3 is 2.36 bits per heavy atom. The fraction of sp³-hybridized carbons (Fsp3) is 0.583. The Labute approximate surface area is 225 Å². The van der Waals surface area contributed by atoms with Gasteiger partial charge >= 0.3 is 0 Å². The molecule has 0 saturated carbocycles. The summed E-state index contributed by atoms with van der Waals surface area (Å²) in [6, 6.07) is 4.67. The summed E-state index contributed by atoms with van der Waals surface area (Å²) in [5, 5.41) is 7.25. The highest BCUT2D eigenvalue weighted by Gasteiger charge is 2.49. The SMILES string of the molecule is CCO[P@@]1(=S)NC(=C2C(=O)C(C(C)(C)C)N(CCC(C)(C)C)C2=S)Nc2ccc(NS(C)(=O)=O)cc21. The molecule has 3 rings (SSSR count). The largest absolute Gasteiger partial charge is 0.351 e. The van der Waals surface area contributed by atoms with E-state index in [9.17, 15) is 13.2 Å². The van der Waals surface area contributed by atoms with Gasteiger partial charge in [0.15, 0.2) is 12.2 Å². The van der Waals surface area contributed by atoms with Crippen molar-refractivity contribution in [3.8, 4) is 0 Å². The molecule has 1 unspecified atom stereocenters. The fourth-order valence-corrected chi connectivity index (χ4v) is 8.26. The molecule has 1 saturated heterocycles. The van der Waals surface area contributed by atoms with Crippen LogP contribution in [0, 0.1) is 10.8 Å². The quantitative estimate of drug-likeness (QED) is 0.261. The Hall–Kier alpha value is -1.52. The number of thiocarbonyl (C=S) groups is 1. The van der Waals surface area contributed by atoms with Crippen LogP contribution in [0.4, 0.5) is 11.4 Å². The third-order valence-corrected chi connectivity index (χ3v) is 10.3. The number of benzene rings is 1. The number of fused-ring (bicyclic) bond motifs is 1. The minimum atomic E-state index is -3.46. The summed E-state index contributed by atoms with van der Waals surface area (Å²) in [7, 11) is -3.46. The van der Waals surface area contributed by atoms with Crippen LogP contribution in [0.2, 0.25) is 0 Å². The summed E-state index contributed by atoms with van der Waals surface area (Å²) in [6.07, 6.45) is -0.909. The van der Waals surface area contributed by atoms with Gasteiger partial charge in [-0.05, 0) is 54.2 Å². The Morgan fingerprint density at radius 1 is 1.19 bits per heavy atom. The lowest BCUT2D eigenvalue weighted by Crippen LogP contribution is -2.45. The van der Waals surface area contributed by atoms with Crippen LogP contribution in [-0.2, 0) is 31.1 Å². The first-order valence-corrected chi connectivity index (χ1v) is 16.9. The molecule has 2 heterocycles. The number of nitrogens with one attached hydrogen (secondary N) is 3. The standard InChI is InChI=1S/C24H37N4O4PS3/c1-9-32-33(35)17-14-15(27-36(8,30)31)10-11-16(17)25-21(26-33)18-19(29)20(24(5,6)7)28(22(18)34)13-12-23(2,3)4/h10-11,14,20,25,27H,9,12-13H2,1-8H3,(H,26,35)/t20?,33-/m0/s1. The average molecular weight is 573 g/mol. The number of likely N-dealkylation sites (tertiary alicyclic amines) is 1. The van der Waals surface area contributed by atoms with Crippen molar-refractivity contribution in [3.63, 3.8) is 0 Å². The number of hydrogen-bond acceptors (Lipinski definition) is 7. The van der Waals surface area contributed by atoms with Crippen molar-refractivity contribution in [2.75, 3.05) is 29.4 Å². The summed E-state index contributed by atoms with van der Waals surface area (Å²) < 4.78 is 32.0. The van der Waals surface area contributed by atoms with Crippen LogP contribution in [0.5, 0.6) is 0 Å². The van der Waals surface area contributed by atoms with E-state index in [1.807, 2.05) is 32.6 Å². The maximum absolute atomic E-state index is 13.9. The third-order valence-electron chi connectivity index (χ3n) is 5.90. The third kappa shape index (κ3) is 6.30. The minimum absolute atomic E-state index is 0.0479. The average Bonchev–Trinajstić information content (AvgIpc) is 2.95. The molecule has 0 spiro atoms. The maximum Gasteiger partial charge on any atom is 0.229 e. The number of carbonyl (C=O) groups is 1. The number of rotatable bonds is 6.